The number of nitrogens with zero attached hydrogens (tertiary/aromatic N) is 4. The maximum Gasteiger partial charge on any atom is 0.164 e. The molecule has 0 N–H and O–H groups in total. The van der Waals surface area contributed by atoms with Gasteiger partial charge in [0.25, 0.3) is 0 Å². The lowest BCUT2D eigenvalue weighted by Crippen LogP contribution is -2.00. The Kier molecular flexibility index (Phi) is 6.42. The minimum absolute atomic E-state index is 0.634. The number of fused-ring (bicyclic) bond motifs is 7. The van der Waals surface area contributed by atoms with Gasteiger partial charge < -0.3 is 8.98 Å². The Balaban J connectivity index is 1.07. The zero-order valence-corrected chi connectivity index (χ0v) is 26.9. The Morgan fingerprint density at radius 1 is 0.380 bits per heavy atom. The second-order valence-corrected chi connectivity index (χ2v) is 12.5. The molecule has 0 unspecified atom stereocenters. The van der Waals surface area contributed by atoms with Crippen molar-refractivity contribution in [2.45, 2.75) is 0 Å². The molecule has 0 saturated heterocycles. The van der Waals surface area contributed by atoms with Gasteiger partial charge in [0.05, 0.1) is 11.0 Å². The first-order valence-corrected chi connectivity index (χ1v) is 16.7. The fourth-order valence-corrected chi connectivity index (χ4v) is 7.06. The van der Waals surface area contributed by atoms with Crippen LogP contribution in [-0.2, 0) is 0 Å². The Morgan fingerprint density at radius 3 is 1.54 bits per heavy atom. The lowest BCUT2D eigenvalue weighted by Gasteiger charge is -2.09. The molecule has 3 heterocycles. The molecule has 0 aliphatic heterocycles. The molecule has 0 aliphatic rings. The summed E-state index contributed by atoms with van der Waals surface area (Å²) in [6.07, 6.45) is 0. The molecule has 50 heavy (non-hydrogen) atoms. The van der Waals surface area contributed by atoms with Gasteiger partial charge in [-0.2, -0.15) is 0 Å². The summed E-state index contributed by atoms with van der Waals surface area (Å²) in [5, 5.41) is 4.59. The molecule has 0 amide bonds. The van der Waals surface area contributed by atoms with E-state index in [2.05, 4.69) is 114 Å². The number of hydrogen-bond acceptors (Lipinski definition) is 4. The van der Waals surface area contributed by atoms with Crippen LogP contribution in [0.3, 0.4) is 0 Å². The van der Waals surface area contributed by atoms with Crippen LogP contribution in [0.25, 0.3) is 94.7 Å². The Morgan fingerprint density at radius 2 is 0.880 bits per heavy atom. The van der Waals surface area contributed by atoms with Gasteiger partial charge in [-0.05, 0) is 47.5 Å². The van der Waals surface area contributed by atoms with E-state index in [1.165, 1.54) is 10.8 Å². The van der Waals surface area contributed by atoms with Crippen molar-refractivity contribution in [3.63, 3.8) is 0 Å². The van der Waals surface area contributed by atoms with E-state index in [4.69, 9.17) is 19.4 Å². The summed E-state index contributed by atoms with van der Waals surface area (Å²) in [5.74, 6) is 1.93. The van der Waals surface area contributed by atoms with Crippen molar-refractivity contribution in [1.29, 1.82) is 0 Å². The van der Waals surface area contributed by atoms with Crippen LogP contribution in [0.2, 0.25) is 0 Å². The number of rotatable bonds is 5. The Labute approximate surface area is 287 Å². The lowest BCUT2D eigenvalue weighted by molar-refractivity contribution is 0.671. The fourth-order valence-electron chi connectivity index (χ4n) is 7.06. The van der Waals surface area contributed by atoms with E-state index < -0.39 is 0 Å². The maximum atomic E-state index is 6.78. The van der Waals surface area contributed by atoms with Crippen LogP contribution in [0.15, 0.2) is 174 Å². The van der Waals surface area contributed by atoms with Crippen molar-refractivity contribution in [1.82, 2.24) is 19.5 Å². The Hall–Kier alpha value is -6.85. The first kappa shape index (κ1) is 28.2. The van der Waals surface area contributed by atoms with Crippen LogP contribution >= 0.6 is 0 Å². The molecule has 5 heteroatoms. The van der Waals surface area contributed by atoms with Gasteiger partial charge in [-0.15, -0.1) is 0 Å². The van der Waals surface area contributed by atoms with Crippen molar-refractivity contribution in [3.05, 3.63) is 170 Å². The molecular formula is C45H28N4O. The maximum absolute atomic E-state index is 6.78. The molecule has 0 saturated carbocycles. The first-order valence-electron chi connectivity index (χ1n) is 16.7. The zero-order chi connectivity index (χ0) is 33.0. The van der Waals surface area contributed by atoms with Crippen LogP contribution in [0.5, 0.6) is 0 Å². The van der Waals surface area contributed by atoms with Crippen LogP contribution in [0.4, 0.5) is 0 Å². The summed E-state index contributed by atoms with van der Waals surface area (Å²) in [4.78, 5) is 14.6. The summed E-state index contributed by atoms with van der Waals surface area (Å²) in [6, 6.07) is 58.5. The number of benzene rings is 7. The molecule has 0 spiro atoms. The topological polar surface area (TPSA) is 56.7 Å². The highest BCUT2D eigenvalue weighted by molar-refractivity contribution is 6.21. The summed E-state index contributed by atoms with van der Waals surface area (Å²) < 4.78 is 9.10. The lowest BCUT2D eigenvalue weighted by atomic mass is 10.0. The van der Waals surface area contributed by atoms with E-state index in [9.17, 15) is 0 Å². The quantitative estimate of drug-likeness (QED) is 0.188. The molecule has 234 valence electrons. The molecule has 5 nitrogen and oxygen atoms in total. The predicted octanol–water partition coefficient (Wildman–Crippen LogP) is 11.5. The summed E-state index contributed by atoms with van der Waals surface area (Å²) >= 11 is 0. The van der Waals surface area contributed by atoms with E-state index in [0.29, 0.717) is 17.5 Å². The van der Waals surface area contributed by atoms with Gasteiger partial charge in [0.2, 0.25) is 0 Å². The third-order valence-electron chi connectivity index (χ3n) is 9.46. The van der Waals surface area contributed by atoms with E-state index in [1.807, 2.05) is 60.7 Å². The smallest absolute Gasteiger partial charge is 0.164 e. The third-order valence-corrected chi connectivity index (χ3v) is 9.46. The van der Waals surface area contributed by atoms with Crippen LogP contribution in [0, 0.1) is 0 Å². The largest absolute Gasteiger partial charge is 0.454 e. The van der Waals surface area contributed by atoms with Gasteiger partial charge in [0, 0.05) is 43.9 Å². The van der Waals surface area contributed by atoms with Gasteiger partial charge in [-0.25, -0.2) is 15.0 Å². The highest BCUT2D eigenvalue weighted by Crippen LogP contribution is 2.41. The minimum atomic E-state index is 0.634. The van der Waals surface area contributed by atoms with Gasteiger partial charge in [0.1, 0.15) is 5.58 Å². The van der Waals surface area contributed by atoms with E-state index in [0.717, 1.165) is 66.5 Å². The molecule has 0 bridgehead atoms. The highest BCUT2D eigenvalue weighted by atomic mass is 16.3. The predicted molar refractivity (Wildman–Crippen MR) is 203 cm³/mol. The first-order chi connectivity index (χ1) is 24.8. The van der Waals surface area contributed by atoms with Gasteiger partial charge >= 0.3 is 0 Å². The van der Waals surface area contributed by atoms with Crippen LogP contribution < -0.4 is 0 Å². The molecule has 0 aliphatic carbocycles. The van der Waals surface area contributed by atoms with Gasteiger partial charge in [-0.1, -0.05) is 133 Å². The summed E-state index contributed by atoms with van der Waals surface area (Å²) in [6.45, 7) is 0. The number of para-hydroxylation sites is 2. The Bertz CT molecular complexity index is 2780. The molecule has 3 aromatic heterocycles. The summed E-state index contributed by atoms with van der Waals surface area (Å²) in [7, 11) is 0. The average Bonchev–Trinajstić information content (AvgIpc) is 3.74. The SMILES string of the molecule is c1ccc(-c2nc(-c3ccccc3)nc(-c3ccc(-c4ccc5c(c4)oc4c5ccc5c6ccccc6n(-c6ccccc6)c54)cc3)n2)cc1. The minimum Gasteiger partial charge on any atom is -0.454 e. The monoisotopic (exact) mass is 640 g/mol. The van der Waals surface area contributed by atoms with Crippen LogP contribution in [-0.4, -0.2) is 19.5 Å². The van der Waals surface area contributed by atoms with Crippen LogP contribution in [0.1, 0.15) is 0 Å². The summed E-state index contributed by atoms with van der Waals surface area (Å²) in [5.41, 5.74) is 10.1. The average molecular weight is 641 g/mol. The van der Waals surface area contributed by atoms with Crippen molar-refractivity contribution in [2.75, 3.05) is 0 Å². The molecule has 7 aromatic carbocycles. The zero-order valence-electron chi connectivity index (χ0n) is 26.9. The number of aromatic nitrogens is 4. The molecule has 10 aromatic rings. The highest BCUT2D eigenvalue weighted by Gasteiger charge is 2.19. The van der Waals surface area contributed by atoms with Crippen molar-refractivity contribution in [2.24, 2.45) is 0 Å². The number of furan rings is 1. The van der Waals surface area contributed by atoms with Crippen molar-refractivity contribution in [3.8, 4) is 51.0 Å². The molecule has 0 atom stereocenters. The number of hydrogen-bond donors (Lipinski definition) is 0. The van der Waals surface area contributed by atoms with Gasteiger partial charge in [0.15, 0.2) is 23.1 Å². The van der Waals surface area contributed by atoms with Crippen molar-refractivity contribution >= 4 is 43.7 Å². The molecule has 10 rings (SSSR count). The van der Waals surface area contributed by atoms with E-state index in [-0.39, 0.29) is 0 Å². The van der Waals surface area contributed by atoms with Crippen molar-refractivity contribution < 1.29 is 4.42 Å². The van der Waals surface area contributed by atoms with E-state index in [1.54, 1.807) is 0 Å². The normalized spacial score (nSPS) is 11.6. The molecule has 0 radical (unpaired) electrons. The third kappa shape index (κ3) is 4.60. The standard InChI is InChI=1S/C45H28N4O/c1-4-12-30(13-5-1)43-46-44(31-14-6-2-7-15-31)48-45(47-43)32-22-20-29(21-23-32)33-24-25-36-38-27-26-37-35-18-10-11-19-39(35)49(34-16-8-3-9-17-34)41(37)42(38)50-40(36)28-33/h1-28H. The van der Waals surface area contributed by atoms with E-state index >= 15 is 0 Å². The molecule has 0 fully saturated rings. The molecular weight excluding hydrogens is 613 g/mol. The van der Waals surface area contributed by atoms with Gasteiger partial charge in [-0.3, -0.25) is 0 Å². The fraction of sp³-hybridized carbons (Fsp3) is 0. The second kappa shape index (κ2) is 11.4. The second-order valence-electron chi connectivity index (χ2n) is 12.5.